The molecule has 1 aliphatic rings. The number of guanidine groups is 1. The van der Waals surface area contributed by atoms with Crippen LogP contribution in [0.2, 0.25) is 0 Å². The maximum Gasteiger partial charge on any atom is 0.218 e. The highest BCUT2D eigenvalue weighted by molar-refractivity contribution is 5.96. The molecule has 0 aromatic heterocycles. The van der Waals surface area contributed by atoms with Gasteiger partial charge in [-0.2, -0.15) is 4.99 Å². The molecule has 15 heavy (non-hydrogen) atoms. The predicted molar refractivity (Wildman–Crippen MR) is 63.1 cm³/mol. The third-order valence-electron chi connectivity index (χ3n) is 2.29. The van der Waals surface area contributed by atoms with E-state index in [4.69, 9.17) is 11.5 Å². The molecule has 0 radical (unpaired) electrons. The van der Waals surface area contributed by atoms with Gasteiger partial charge in [-0.1, -0.05) is 6.92 Å². The van der Waals surface area contributed by atoms with Crippen LogP contribution < -0.4 is 11.5 Å². The van der Waals surface area contributed by atoms with Crippen LogP contribution in [0.1, 0.15) is 20.3 Å². The number of nitrogens with two attached hydrogens (primary N) is 2. The van der Waals surface area contributed by atoms with Crippen LogP contribution in [0.25, 0.3) is 0 Å². The molecular weight excluding hydrogens is 192 g/mol. The van der Waals surface area contributed by atoms with Crippen molar-refractivity contribution in [3.63, 3.8) is 0 Å². The summed E-state index contributed by atoms with van der Waals surface area (Å²) < 4.78 is 0. The van der Waals surface area contributed by atoms with Gasteiger partial charge in [-0.25, -0.2) is 4.99 Å². The third kappa shape index (κ3) is 3.57. The fourth-order valence-corrected chi connectivity index (χ4v) is 1.14. The van der Waals surface area contributed by atoms with Gasteiger partial charge in [-0.3, -0.25) is 4.99 Å². The van der Waals surface area contributed by atoms with Crippen molar-refractivity contribution < 1.29 is 0 Å². The van der Waals surface area contributed by atoms with Gasteiger partial charge in [0, 0.05) is 6.04 Å². The van der Waals surface area contributed by atoms with Gasteiger partial charge in [-0.05, 0) is 13.3 Å². The van der Waals surface area contributed by atoms with Gasteiger partial charge in [0.2, 0.25) is 5.96 Å². The van der Waals surface area contributed by atoms with E-state index >= 15 is 0 Å². The van der Waals surface area contributed by atoms with Crippen molar-refractivity contribution in [3.05, 3.63) is 0 Å². The molecule has 1 unspecified atom stereocenters. The molecule has 6 heteroatoms. The first-order valence-electron chi connectivity index (χ1n) is 5.02. The van der Waals surface area contributed by atoms with E-state index in [1.165, 1.54) is 0 Å². The number of nitrogens with zero attached hydrogens (tertiary/aromatic N) is 4. The molecule has 0 spiro atoms. The van der Waals surface area contributed by atoms with Crippen LogP contribution in [0.5, 0.6) is 0 Å². The molecule has 0 amide bonds. The molecule has 0 aromatic carbocycles. The largest absolute Gasteiger partial charge is 0.385 e. The Bertz CT molecular complexity index is 293. The van der Waals surface area contributed by atoms with Crippen LogP contribution in [0, 0.1) is 0 Å². The summed E-state index contributed by atoms with van der Waals surface area (Å²) in [6.45, 7) is 5.06. The molecule has 0 bridgehead atoms. The summed E-state index contributed by atoms with van der Waals surface area (Å²) in [6.07, 6.45) is 2.79. The van der Waals surface area contributed by atoms with Crippen molar-refractivity contribution in [2.45, 2.75) is 26.3 Å². The van der Waals surface area contributed by atoms with Crippen molar-refractivity contribution >= 4 is 18.1 Å². The Morgan fingerprint density at radius 1 is 1.53 bits per heavy atom. The topological polar surface area (TPSA) is 92.4 Å². The zero-order valence-corrected chi connectivity index (χ0v) is 9.22. The number of hydrogen-bond donors (Lipinski definition) is 2. The lowest BCUT2D eigenvalue weighted by Gasteiger charge is -2.23. The summed E-state index contributed by atoms with van der Waals surface area (Å²) in [7, 11) is 0. The lowest BCUT2D eigenvalue weighted by Crippen LogP contribution is -2.32. The maximum absolute atomic E-state index is 5.57. The van der Waals surface area contributed by atoms with Gasteiger partial charge >= 0.3 is 0 Å². The molecule has 1 heterocycles. The van der Waals surface area contributed by atoms with Crippen molar-refractivity contribution in [2.24, 2.45) is 26.4 Å². The highest BCUT2D eigenvalue weighted by atomic mass is 15.3. The van der Waals surface area contributed by atoms with Crippen LogP contribution in [-0.2, 0) is 0 Å². The Morgan fingerprint density at radius 2 is 2.27 bits per heavy atom. The highest BCUT2D eigenvalue weighted by Gasteiger charge is 2.08. The molecule has 84 valence electrons. The van der Waals surface area contributed by atoms with E-state index in [0.29, 0.717) is 25.1 Å². The van der Waals surface area contributed by atoms with E-state index in [1.54, 1.807) is 6.34 Å². The molecular formula is C9H18N6. The Hall–Kier alpha value is -1.59. The molecule has 6 nitrogen and oxygen atoms in total. The van der Waals surface area contributed by atoms with Crippen molar-refractivity contribution in [3.8, 4) is 0 Å². The molecule has 0 saturated heterocycles. The first-order chi connectivity index (χ1) is 7.13. The van der Waals surface area contributed by atoms with Crippen molar-refractivity contribution in [1.29, 1.82) is 0 Å². The van der Waals surface area contributed by atoms with E-state index in [0.717, 1.165) is 6.42 Å². The van der Waals surface area contributed by atoms with Crippen LogP contribution in [0.4, 0.5) is 0 Å². The summed E-state index contributed by atoms with van der Waals surface area (Å²) in [6, 6.07) is 0.379. The minimum absolute atomic E-state index is 0.214. The Kier molecular flexibility index (Phi) is 4.08. The average molecular weight is 210 g/mol. The zero-order valence-electron chi connectivity index (χ0n) is 9.22. The monoisotopic (exact) mass is 210 g/mol. The second-order valence-corrected chi connectivity index (χ2v) is 3.49. The summed E-state index contributed by atoms with van der Waals surface area (Å²) in [5, 5.41) is 0. The first-order valence-corrected chi connectivity index (χ1v) is 5.02. The van der Waals surface area contributed by atoms with E-state index in [1.807, 2.05) is 4.90 Å². The second kappa shape index (κ2) is 5.33. The van der Waals surface area contributed by atoms with E-state index in [9.17, 15) is 0 Å². The molecule has 0 saturated carbocycles. The standard InChI is InChI=1S/C9H18N6/c1-3-7(2)15-5-12-4-8(10)14-9(11)13-6-15/h5,7H,3-4,6H2,1-2H3,(H4,10,11,13,14)/b12-5-. The average Bonchev–Trinajstić information content (AvgIpc) is 2.28. The molecule has 0 aliphatic carbocycles. The number of rotatable bonds is 2. The van der Waals surface area contributed by atoms with E-state index < -0.39 is 0 Å². The van der Waals surface area contributed by atoms with Gasteiger partial charge in [-0.15, -0.1) is 0 Å². The predicted octanol–water partition coefficient (Wildman–Crippen LogP) is -0.242. The summed E-state index contributed by atoms with van der Waals surface area (Å²) in [5.41, 5.74) is 11.1. The molecule has 0 aromatic rings. The lowest BCUT2D eigenvalue weighted by atomic mass is 10.2. The Labute approximate surface area is 89.8 Å². The normalized spacial score (nSPS) is 28.8. The summed E-state index contributed by atoms with van der Waals surface area (Å²) >= 11 is 0. The van der Waals surface area contributed by atoms with Gasteiger partial charge in [0.25, 0.3) is 0 Å². The summed E-state index contributed by atoms with van der Waals surface area (Å²) in [4.78, 5) is 14.2. The molecule has 1 aliphatic heterocycles. The van der Waals surface area contributed by atoms with Crippen LogP contribution in [0.15, 0.2) is 15.0 Å². The molecule has 1 rings (SSSR count). The van der Waals surface area contributed by atoms with Gasteiger partial charge < -0.3 is 16.4 Å². The highest BCUT2D eigenvalue weighted by Crippen LogP contribution is 2.01. The fourth-order valence-electron chi connectivity index (χ4n) is 1.14. The van der Waals surface area contributed by atoms with Crippen LogP contribution in [0.3, 0.4) is 0 Å². The van der Waals surface area contributed by atoms with Crippen LogP contribution >= 0.6 is 0 Å². The number of aliphatic imine (C=N–C) groups is 3. The number of hydrogen-bond acceptors (Lipinski definition) is 6. The van der Waals surface area contributed by atoms with Gasteiger partial charge in [0.05, 0.1) is 12.9 Å². The quantitative estimate of drug-likeness (QED) is 0.658. The summed E-state index contributed by atoms with van der Waals surface area (Å²) in [5.74, 6) is 0.602. The molecule has 1 atom stereocenters. The molecule has 4 N–H and O–H groups in total. The SMILES string of the molecule is CCC(C)N1/C=N\C/C(N)=N\C(N)=N/C1. The number of amidine groups is 1. The van der Waals surface area contributed by atoms with Gasteiger partial charge in [0.1, 0.15) is 12.5 Å². The fraction of sp³-hybridized carbons (Fsp3) is 0.667. The minimum atomic E-state index is 0.214. The van der Waals surface area contributed by atoms with Gasteiger partial charge in [0.15, 0.2) is 0 Å². The second-order valence-electron chi connectivity index (χ2n) is 3.49. The maximum atomic E-state index is 5.57. The van der Waals surface area contributed by atoms with Crippen molar-refractivity contribution in [2.75, 3.05) is 13.2 Å². The lowest BCUT2D eigenvalue weighted by molar-refractivity contribution is 0.340. The van der Waals surface area contributed by atoms with Crippen molar-refractivity contribution in [1.82, 2.24) is 4.90 Å². The zero-order chi connectivity index (χ0) is 11.3. The Balaban J connectivity index is 2.77. The van der Waals surface area contributed by atoms with E-state index in [-0.39, 0.29) is 5.96 Å². The first kappa shape index (κ1) is 11.5. The minimum Gasteiger partial charge on any atom is -0.385 e. The third-order valence-corrected chi connectivity index (χ3v) is 2.29. The van der Waals surface area contributed by atoms with Crippen LogP contribution in [-0.4, -0.2) is 42.3 Å². The molecule has 0 fully saturated rings. The Morgan fingerprint density at radius 3 is 2.93 bits per heavy atom. The van der Waals surface area contributed by atoms with E-state index in [2.05, 4.69) is 28.8 Å². The smallest absolute Gasteiger partial charge is 0.218 e.